The standard InChI is InChI=1S/C21H19FN2O5/c1-26-20-11-14(12-23-24-16-6-4-15(22)5-7-16)3-9-18(20)28-13-17-8-10-19(29-17)21(25)27-2/h3-12,24H,13H2,1-2H3/b23-12-. The number of hydrazone groups is 1. The van der Waals surface area contributed by atoms with Crippen molar-refractivity contribution in [3.63, 3.8) is 0 Å². The Morgan fingerprint density at radius 1 is 1.10 bits per heavy atom. The Kier molecular flexibility index (Phi) is 6.47. The Morgan fingerprint density at radius 3 is 2.62 bits per heavy atom. The summed E-state index contributed by atoms with van der Waals surface area (Å²) in [6.45, 7) is 0.118. The molecule has 0 bridgehead atoms. The van der Waals surface area contributed by atoms with Gasteiger partial charge >= 0.3 is 5.97 Å². The number of rotatable bonds is 8. The highest BCUT2D eigenvalue weighted by molar-refractivity contribution is 5.86. The highest BCUT2D eigenvalue weighted by Crippen LogP contribution is 2.28. The number of halogens is 1. The smallest absolute Gasteiger partial charge is 0.373 e. The minimum absolute atomic E-state index is 0.110. The lowest BCUT2D eigenvalue weighted by Gasteiger charge is -2.10. The van der Waals surface area contributed by atoms with Gasteiger partial charge in [-0.05, 0) is 60.2 Å². The number of carbonyl (C=O) groups excluding carboxylic acids is 1. The third-order valence-corrected chi connectivity index (χ3v) is 3.86. The normalized spacial score (nSPS) is 10.7. The first kappa shape index (κ1) is 19.9. The molecule has 7 nitrogen and oxygen atoms in total. The molecule has 0 fully saturated rings. The number of esters is 1. The van der Waals surface area contributed by atoms with Gasteiger partial charge in [-0.1, -0.05) is 0 Å². The lowest BCUT2D eigenvalue weighted by Crippen LogP contribution is -2.00. The number of hydrogen-bond donors (Lipinski definition) is 1. The number of carbonyl (C=O) groups is 1. The van der Waals surface area contributed by atoms with Crippen molar-refractivity contribution in [3.8, 4) is 11.5 Å². The van der Waals surface area contributed by atoms with E-state index in [0.29, 0.717) is 22.9 Å². The predicted molar refractivity (Wildman–Crippen MR) is 105 cm³/mol. The molecule has 0 spiro atoms. The van der Waals surface area contributed by atoms with Crippen molar-refractivity contribution in [3.05, 3.63) is 77.5 Å². The molecular weight excluding hydrogens is 379 g/mol. The van der Waals surface area contributed by atoms with Crippen LogP contribution >= 0.6 is 0 Å². The Hall–Kier alpha value is -3.81. The van der Waals surface area contributed by atoms with Crippen LogP contribution in [0.5, 0.6) is 11.5 Å². The van der Waals surface area contributed by atoms with Crippen molar-refractivity contribution < 1.29 is 27.8 Å². The van der Waals surface area contributed by atoms with Crippen LogP contribution in [0.15, 0.2) is 64.1 Å². The number of furan rings is 1. The van der Waals surface area contributed by atoms with Crippen LogP contribution < -0.4 is 14.9 Å². The summed E-state index contributed by atoms with van der Waals surface area (Å²) in [6.07, 6.45) is 1.60. The molecule has 0 saturated heterocycles. The molecule has 0 atom stereocenters. The number of nitrogens with one attached hydrogen (secondary N) is 1. The van der Waals surface area contributed by atoms with E-state index in [9.17, 15) is 9.18 Å². The van der Waals surface area contributed by atoms with Crippen LogP contribution in [0.1, 0.15) is 21.9 Å². The van der Waals surface area contributed by atoms with Gasteiger partial charge in [0.2, 0.25) is 5.76 Å². The summed E-state index contributed by atoms with van der Waals surface area (Å²) in [6, 6.07) is 14.3. The molecular formula is C21H19FN2O5. The summed E-state index contributed by atoms with van der Waals surface area (Å²) in [4.78, 5) is 11.4. The molecule has 1 heterocycles. The fraction of sp³-hybridized carbons (Fsp3) is 0.143. The molecule has 2 aromatic carbocycles. The molecule has 0 aliphatic rings. The molecule has 1 aromatic heterocycles. The Balaban J connectivity index is 1.62. The van der Waals surface area contributed by atoms with Gasteiger partial charge in [0.1, 0.15) is 18.2 Å². The number of benzene rings is 2. The molecule has 0 radical (unpaired) electrons. The first-order valence-electron chi connectivity index (χ1n) is 8.61. The number of methoxy groups -OCH3 is 2. The van der Waals surface area contributed by atoms with Gasteiger partial charge in [0, 0.05) is 0 Å². The predicted octanol–water partition coefficient (Wildman–Crippen LogP) is 4.24. The first-order valence-corrected chi connectivity index (χ1v) is 8.61. The van der Waals surface area contributed by atoms with Crippen molar-refractivity contribution in [1.29, 1.82) is 0 Å². The fourth-order valence-corrected chi connectivity index (χ4v) is 2.40. The average Bonchev–Trinajstić information content (AvgIpc) is 3.22. The van der Waals surface area contributed by atoms with E-state index in [1.54, 1.807) is 42.6 Å². The minimum Gasteiger partial charge on any atom is -0.493 e. The molecule has 150 valence electrons. The van der Waals surface area contributed by atoms with Gasteiger partial charge in [-0.3, -0.25) is 5.43 Å². The summed E-state index contributed by atoms with van der Waals surface area (Å²) in [5.41, 5.74) is 4.25. The second-order valence-corrected chi connectivity index (χ2v) is 5.83. The van der Waals surface area contributed by atoms with Crippen molar-refractivity contribution in [2.45, 2.75) is 6.61 Å². The second-order valence-electron chi connectivity index (χ2n) is 5.83. The van der Waals surface area contributed by atoms with Gasteiger partial charge in [0.05, 0.1) is 26.1 Å². The fourth-order valence-electron chi connectivity index (χ4n) is 2.40. The van der Waals surface area contributed by atoms with E-state index in [4.69, 9.17) is 13.9 Å². The molecule has 8 heteroatoms. The summed E-state index contributed by atoms with van der Waals surface area (Å²) < 4.78 is 33.9. The minimum atomic E-state index is -0.549. The lowest BCUT2D eigenvalue weighted by atomic mass is 10.2. The molecule has 0 amide bonds. The lowest BCUT2D eigenvalue weighted by molar-refractivity contribution is 0.0561. The molecule has 0 unspecified atom stereocenters. The van der Waals surface area contributed by atoms with Crippen molar-refractivity contribution >= 4 is 17.9 Å². The average molecular weight is 398 g/mol. The first-order chi connectivity index (χ1) is 14.1. The van der Waals surface area contributed by atoms with Crippen LogP contribution in [0.3, 0.4) is 0 Å². The van der Waals surface area contributed by atoms with E-state index in [1.807, 2.05) is 0 Å². The van der Waals surface area contributed by atoms with Crippen LogP contribution in [-0.4, -0.2) is 26.4 Å². The zero-order valence-electron chi connectivity index (χ0n) is 15.8. The zero-order valence-corrected chi connectivity index (χ0v) is 15.8. The number of ether oxygens (including phenoxy) is 3. The van der Waals surface area contributed by atoms with E-state index >= 15 is 0 Å². The molecule has 3 rings (SSSR count). The van der Waals surface area contributed by atoms with E-state index in [2.05, 4.69) is 15.3 Å². The molecule has 1 N–H and O–H groups in total. The summed E-state index contributed by atoms with van der Waals surface area (Å²) >= 11 is 0. The van der Waals surface area contributed by atoms with Crippen LogP contribution in [0.2, 0.25) is 0 Å². The van der Waals surface area contributed by atoms with Gasteiger partial charge in [-0.25, -0.2) is 9.18 Å². The van der Waals surface area contributed by atoms with Crippen LogP contribution in [0, 0.1) is 5.82 Å². The molecule has 3 aromatic rings. The van der Waals surface area contributed by atoms with Crippen LogP contribution in [0.4, 0.5) is 10.1 Å². The third kappa shape index (κ3) is 5.35. The molecule has 29 heavy (non-hydrogen) atoms. The van der Waals surface area contributed by atoms with Crippen molar-refractivity contribution in [1.82, 2.24) is 0 Å². The maximum Gasteiger partial charge on any atom is 0.373 e. The van der Waals surface area contributed by atoms with Crippen LogP contribution in [-0.2, 0) is 11.3 Å². The summed E-state index contributed by atoms with van der Waals surface area (Å²) in [7, 11) is 2.81. The monoisotopic (exact) mass is 398 g/mol. The highest BCUT2D eigenvalue weighted by atomic mass is 19.1. The highest BCUT2D eigenvalue weighted by Gasteiger charge is 2.12. The Morgan fingerprint density at radius 2 is 1.90 bits per heavy atom. The molecule has 0 saturated carbocycles. The second kappa shape index (κ2) is 9.41. The number of anilines is 1. The van der Waals surface area contributed by atoms with Crippen LogP contribution in [0.25, 0.3) is 0 Å². The molecule has 0 aliphatic heterocycles. The Bertz CT molecular complexity index is 999. The van der Waals surface area contributed by atoms with E-state index in [-0.39, 0.29) is 18.2 Å². The maximum atomic E-state index is 12.9. The van der Waals surface area contributed by atoms with E-state index < -0.39 is 5.97 Å². The van der Waals surface area contributed by atoms with Gasteiger partial charge in [-0.2, -0.15) is 5.10 Å². The van der Waals surface area contributed by atoms with Gasteiger partial charge in [0.25, 0.3) is 0 Å². The summed E-state index contributed by atoms with van der Waals surface area (Å²) in [5, 5.41) is 4.11. The quantitative estimate of drug-likeness (QED) is 0.347. The van der Waals surface area contributed by atoms with Crippen molar-refractivity contribution in [2.24, 2.45) is 5.10 Å². The zero-order chi connectivity index (χ0) is 20.6. The SMILES string of the molecule is COC(=O)c1ccc(COc2ccc(/C=N\Nc3ccc(F)cc3)cc2OC)o1. The maximum absolute atomic E-state index is 12.9. The number of hydrogen-bond acceptors (Lipinski definition) is 7. The third-order valence-electron chi connectivity index (χ3n) is 3.86. The topological polar surface area (TPSA) is 82.3 Å². The summed E-state index contributed by atoms with van der Waals surface area (Å²) in [5.74, 6) is 0.741. The van der Waals surface area contributed by atoms with Gasteiger partial charge < -0.3 is 18.6 Å². The van der Waals surface area contributed by atoms with Gasteiger partial charge in [-0.15, -0.1) is 0 Å². The number of nitrogens with zero attached hydrogens (tertiary/aromatic N) is 1. The largest absolute Gasteiger partial charge is 0.493 e. The van der Waals surface area contributed by atoms with E-state index in [1.165, 1.54) is 32.4 Å². The van der Waals surface area contributed by atoms with E-state index in [0.717, 1.165) is 5.56 Å². The molecule has 0 aliphatic carbocycles. The van der Waals surface area contributed by atoms with Crippen molar-refractivity contribution in [2.75, 3.05) is 19.6 Å². The van der Waals surface area contributed by atoms with Gasteiger partial charge in [0.15, 0.2) is 11.5 Å². The Labute approximate surface area is 166 Å².